The molecule has 0 spiro atoms. The molecule has 0 saturated carbocycles. The minimum Gasteiger partial charge on any atom is -0.490 e. The highest BCUT2D eigenvalue weighted by Gasteiger charge is 2.12. The normalized spacial score (nSPS) is 13.0. The Bertz CT molecular complexity index is 343. The highest BCUT2D eigenvalue weighted by Crippen LogP contribution is 2.30. The summed E-state index contributed by atoms with van der Waals surface area (Å²) in [6, 6.07) is 4.25. The van der Waals surface area contributed by atoms with Gasteiger partial charge in [0, 0.05) is 11.6 Å². The predicted octanol–water partition coefficient (Wildman–Crippen LogP) is 3.11. The minimum atomic E-state index is 0.0114. The van der Waals surface area contributed by atoms with E-state index in [1.165, 1.54) is 5.56 Å². The van der Waals surface area contributed by atoms with E-state index < -0.39 is 0 Å². The van der Waals surface area contributed by atoms with Crippen LogP contribution in [0.5, 0.6) is 5.75 Å². The molecule has 2 nitrogen and oxygen atoms in total. The Morgan fingerprint density at radius 2 is 1.73 bits per heavy atom. The standard InChI is InChI=1S/C13H21NO/c1-8(2)15-13-10(4)6-9(3)7-12(13)11(5)14/h6-8,11H,14H2,1-5H3. The predicted molar refractivity (Wildman–Crippen MR) is 64.3 cm³/mol. The van der Waals surface area contributed by atoms with E-state index in [-0.39, 0.29) is 12.1 Å². The average Bonchev–Trinajstić information content (AvgIpc) is 2.08. The van der Waals surface area contributed by atoms with Crippen LogP contribution in [0.25, 0.3) is 0 Å². The fourth-order valence-corrected chi connectivity index (χ4v) is 1.72. The number of hydrogen-bond donors (Lipinski definition) is 1. The molecule has 0 saturated heterocycles. The van der Waals surface area contributed by atoms with Gasteiger partial charge in [-0.2, -0.15) is 0 Å². The molecule has 1 aromatic rings. The van der Waals surface area contributed by atoms with Crippen molar-refractivity contribution in [2.24, 2.45) is 5.73 Å². The largest absolute Gasteiger partial charge is 0.490 e. The Morgan fingerprint density at radius 1 is 1.13 bits per heavy atom. The Balaban J connectivity index is 3.21. The van der Waals surface area contributed by atoms with Gasteiger partial charge in [-0.05, 0) is 40.2 Å². The van der Waals surface area contributed by atoms with Gasteiger partial charge in [-0.25, -0.2) is 0 Å². The summed E-state index contributed by atoms with van der Waals surface area (Å²) in [5, 5.41) is 0. The molecule has 2 N–H and O–H groups in total. The quantitative estimate of drug-likeness (QED) is 0.826. The maximum absolute atomic E-state index is 5.95. The van der Waals surface area contributed by atoms with Crippen LogP contribution in [0.15, 0.2) is 12.1 Å². The van der Waals surface area contributed by atoms with E-state index in [2.05, 4.69) is 26.0 Å². The first-order valence-electron chi connectivity index (χ1n) is 5.45. The van der Waals surface area contributed by atoms with Crippen LogP contribution in [0, 0.1) is 13.8 Å². The van der Waals surface area contributed by atoms with Crippen LogP contribution < -0.4 is 10.5 Å². The topological polar surface area (TPSA) is 35.2 Å². The summed E-state index contributed by atoms with van der Waals surface area (Å²) in [5.41, 5.74) is 9.44. The molecule has 0 aliphatic carbocycles. The molecule has 0 heterocycles. The van der Waals surface area contributed by atoms with Crippen LogP contribution in [0.2, 0.25) is 0 Å². The van der Waals surface area contributed by atoms with E-state index in [0.29, 0.717) is 0 Å². The zero-order chi connectivity index (χ0) is 11.6. The van der Waals surface area contributed by atoms with Gasteiger partial charge in [0.1, 0.15) is 5.75 Å². The van der Waals surface area contributed by atoms with Crippen LogP contribution in [0.3, 0.4) is 0 Å². The molecule has 2 heteroatoms. The van der Waals surface area contributed by atoms with E-state index >= 15 is 0 Å². The fourth-order valence-electron chi connectivity index (χ4n) is 1.72. The van der Waals surface area contributed by atoms with Crippen LogP contribution in [-0.2, 0) is 0 Å². The highest BCUT2D eigenvalue weighted by atomic mass is 16.5. The van der Waals surface area contributed by atoms with Crippen LogP contribution in [-0.4, -0.2) is 6.10 Å². The molecule has 0 amide bonds. The Kier molecular flexibility index (Phi) is 3.75. The summed E-state index contributed by atoms with van der Waals surface area (Å²) in [5.74, 6) is 0.950. The molecule has 0 aliphatic rings. The molecule has 0 bridgehead atoms. The monoisotopic (exact) mass is 207 g/mol. The number of ether oxygens (including phenoxy) is 1. The molecular formula is C13H21NO. The van der Waals surface area contributed by atoms with E-state index in [1.807, 2.05) is 20.8 Å². The minimum absolute atomic E-state index is 0.0114. The molecule has 15 heavy (non-hydrogen) atoms. The Morgan fingerprint density at radius 3 is 2.20 bits per heavy atom. The lowest BCUT2D eigenvalue weighted by molar-refractivity contribution is 0.237. The smallest absolute Gasteiger partial charge is 0.127 e. The number of hydrogen-bond acceptors (Lipinski definition) is 2. The molecule has 0 aromatic heterocycles. The number of rotatable bonds is 3. The first-order valence-corrected chi connectivity index (χ1v) is 5.45. The molecule has 1 atom stereocenters. The zero-order valence-electron chi connectivity index (χ0n) is 10.3. The summed E-state index contributed by atoms with van der Waals surface area (Å²) in [6.45, 7) is 10.2. The van der Waals surface area contributed by atoms with E-state index in [1.54, 1.807) is 0 Å². The number of aryl methyl sites for hydroxylation is 2. The Hall–Kier alpha value is -1.02. The molecule has 0 radical (unpaired) electrons. The molecule has 1 aromatic carbocycles. The lowest BCUT2D eigenvalue weighted by atomic mass is 10.0. The third-order valence-corrected chi connectivity index (χ3v) is 2.29. The van der Waals surface area contributed by atoms with E-state index in [4.69, 9.17) is 10.5 Å². The summed E-state index contributed by atoms with van der Waals surface area (Å²) in [7, 11) is 0. The summed E-state index contributed by atoms with van der Waals surface area (Å²) >= 11 is 0. The van der Waals surface area contributed by atoms with Crippen molar-refractivity contribution in [3.63, 3.8) is 0 Å². The first-order chi connectivity index (χ1) is 6.91. The van der Waals surface area contributed by atoms with E-state index in [9.17, 15) is 0 Å². The lowest BCUT2D eigenvalue weighted by Gasteiger charge is -2.19. The van der Waals surface area contributed by atoms with Crippen molar-refractivity contribution in [1.29, 1.82) is 0 Å². The van der Waals surface area contributed by atoms with Gasteiger partial charge in [0.25, 0.3) is 0 Å². The van der Waals surface area contributed by atoms with Gasteiger partial charge in [-0.1, -0.05) is 17.7 Å². The van der Waals surface area contributed by atoms with Crippen molar-refractivity contribution in [2.75, 3.05) is 0 Å². The second kappa shape index (κ2) is 4.67. The van der Waals surface area contributed by atoms with Crippen molar-refractivity contribution in [3.8, 4) is 5.75 Å². The first kappa shape index (κ1) is 12.1. The van der Waals surface area contributed by atoms with E-state index in [0.717, 1.165) is 16.9 Å². The van der Waals surface area contributed by atoms with Crippen LogP contribution in [0.4, 0.5) is 0 Å². The summed E-state index contributed by atoms with van der Waals surface area (Å²) in [4.78, 5) is 0. The van der Waals surface area contributed by atoms with Crippen molar-refractivity contribution in [2.45, 2.75) is 46.8 Å². The molecule has 1 unspecified atom stereocenters. The van der Waals surface area contributed by atoms with Crippen LogP contribution >= 0.6 is 0 Å². The zero-order valence-corrected chi connectivity index (χ0v) is 10.3. The van der Waals surface area contributed by atoms with Gasteiger partial charge < -0.3 is 10.5 Å². The molecule has 1 rings (SSSR count). The fraction of sp³-hybridized carbons (Fsp3) is 0.538. The van der Waals surface area contributed by atoms with Gasteiger partial charge in [0.15, 0.2) is 0 Å². The number of nitrogens with two attached hydrogens (primary N) is 1. The lowest BCUT2D eigenvalue weighted by Crippen LogP contribution is -2.13. The van der Waals surface area contributed by atoms with Gasteiger partial charge in [0.05, 0.1) is 6.10 Å². The van der Waals surface area contributed by atoms with Crippen molar-refractivity contribution >= 4 is 0 Å². The maximum Gasteiger partial charge on any atom is 0.127 e. The van der Waals surface area contributed by atoms with Gasteiger partial charge >= 0.3 is 0 Å². The van der Waals surface area contributed by atoms with Crippen molar-refractivity contribution in [1.82, 2.24) is 0 Å². The summed E-state index contributed by atoms with van der Waals surface area (Å²) < 4.78 is 5.81. The Labute approximate surface area is 92.4 Å². The van der Waals surface area contributed by atoms with Crippen molar-refractivity contribution < 1.29 is 4.74 Å². The molecule has 84 valence electrons. The third-order valence-electron chi connectivity index (χ3n) is 2.29. The second-order valence-electron chi connectivity index (χ2n) is 4.46. The molecule has 0 fully saturated rings. The SMILES string of the molecule is Cc1cc(C)c(OC(C)C)c(C(C)N)c1. The van der Waals surface area contributed by atoms with Crippen LogP contribution in [0.1, 0.15) is 43.5 Å². The third kappa shape index (κ3) is 2.96. The van der Waals surface area contributed by atoms with Gasteiger partial charge in [0.2, 0.25) is 0 Å². The highest BCUT2D eigenvalue weighted by molar-refractivity contribution is 5.45. The molecular weight excluding hydrogens is 186 g/mol. The number of benzene rings is 1. The van der Waals surface area contributed by atoms with Crippen molar-refractivity contribution in [3.05, 3.63) is 28.8 Å². The second-order valence-corrected chi connectivity index (χ2v) is 4.46. The van der Waals surface area contributed by atoms with Gasteiger partial charge in [-0.3, -0.25) is 0 Å². The summed E-state index contributed by atoms with van der Waals surface area (Å²) in [6.07, 6.45) is 0.184. The average molecular weight is 207 g/mol. The maximum atomic E-state index is 5.95. The van der Waals surface area contributed by atoms with Gasteiger partial charge in [-0.15, -0.1) is 0 Å². The molecule has 0 aliphatic heterocycles.